The highest BCUT2D eigenvalue weighted by Crippen LogP contribution is 2.31. The smallest absolute Gasteiger partial charge is 0.323 e. The zero-order chi connectivity index (χ0) is 22.5. The Kier molecular flexibility index (Phi) is 6.21. The van der Waals surface area contributed by atoms with Crippen molar-refractivity contribution in [3.8, 4) is 11.5 Å². The number of fused-ring (bicyclic) bond motifs is 3. The van der Waals surface area contributed by atoms with E-state index in [1.54, 1.807) is 16.7 Å². The molecule has 4 aromatic rings. The number of benzene rings is 3. The molecule has 8 heteroatoms. The van der Waals surface area contributed by atoms with Gasteiger partial charge in [0, 0.05) is 34.5 Å². The predicted molar refractivity (Wildman–Crippen MR) is 120 cm³/mol. The monoisotopic (exact) mass is 434 g/mol. The highest BCUT2D eigenvalue weighted by atomic mass is 16.6. The Morgan fingerprint density at radius 2 is 1.50 bits per heavy atom. The van der Waals surface area contributed by atoms with Crippen molar-refractivity contribution in [2.75, 3.05) is 13.2 Å². The van der Waals surface area contributed by atoms with Crippen LogP contribution in [0.4, 0.5) is 5.69 Å². The van der Waals surface area contributed by atoms with E-state index in [9.17, 15) is 20.0 Å². The van der Waals surface area contributed by atoms with Gasteiger partial charge in [-0.1, -0.05) is 18.2 Å². The summed E-state index contributed by atoms with van der Waals surface area (Å²) >= 11 is 0. The molecule has 0 saturated carbocycles. The van der Waals surface area contributed by atoms with Gasteiger partial charge in [-0.15, -0.1) is 0 Å². The zero-order valence-electron chi connectivity index (χ0n) is 17.3. The number of unbranched alkanes of at least 4 members (excludes halogenated alkanes) is 1. The number of hydrogen-bond donors (Lipinski definition) is 1. The topological polar surface area (TPSA) is 104 Å². The molecule has 32 heavy (non-hydrogen) atoms. The number of nitro groups is 1. The van der Waals surface area contributed by atoms with Crippen molar-refractivity contribution >= 4 is 33.5 Å². The molecule has 3 aromatic carbocycles. The lowest BCUT2D eigenvalue weighted by atomic mass is 10.1. The highest BCUT2D eigenvalue weighted by Gasteiger charge is 2.13. The number of ether oxygens (including phenoxy) is 2. The second kappa shape index (κ2) is 9.38. The van der Waals surface area contributed by atoms with Crippen molar-refractivity contribution in [1.29, 1.82) is 0 Å². The van der Waals surface area contributed by atoms with E-state index in [1.165, 1.54) is 12.1 Å². The number of carboxylic acids is 1. The standard InChI is InChI=1S/C24H22N2O6/c27-24(28)16-25-22-6-2-1-5-20(22)21-12-11-19(15-23(21)25)32-14-4-3-13-31-18-9-7-17(8-10-18)26(29)30/h1-2,5-12,15H,3-4,13-14,16H2,(H,27,28). The number of para-hydroxylation sites is 1. The first-order valence-corrected chi connectivity index (χ1v) is 10.3. The Labute approximate surface area is 183 Å². The molecule has 4 rings (SSSR count). The van der Waals surface area contributed by atoms with Gasteiger partial charge < -0.3 is 19.1 Å². The summed E-state index contributed by atoms with van der Waals surface area (Å²) in [5.41, 5.74) is 1.74. The molecule has 0 aliphatic carbocycles. The molecule has 164 valence electrons. The lowest BCUT2D eigenvalue weighted by molar-refractivity contribution is -0.384. The van der Waals surface area contributed by atoms with E-state index in [0.29, 0.717) is 24.7 Å². The quantitative estimate of drug-likeness (QED) is 0.213. The number of rotatable bonds is 10. The molecule has 0 bridgehead atoms. The van der Waals surface area contributed by atoms with Crippen molar-refractivity contribution < 1.29 is 24.3 Å². The number of carboxylic acid groups (broad SMARTS) is 1. The Bertz CT molecular complexity index is 1260. The molecule has 1 N–H and O–H groups in total. The largest absolute Gasteiger partial charge is 0.494 e. The number of aliphatic carboxylic acids is 1. The van der Waals surface area contributed by atoms with Crippen molar-refractivity contribution in [1.82, 2.24) is 4.57 Å². The fourth-order valence-electron chi connectivity index (χ4n) is 3.67. The van der Waals surface area contributed by atoms with Crippen LogP contribution in [0.2, 0.25) is 0 Å². The average Bonchev–Trinajstić information content (AvgIpc) is 3.09. The van der Waals surface area contributed by atoms with Crippen molar-refractivity contribution in [2.45, 2.75) is 19.4 Å². The highest BCUT2D eigenvalue weighted by molar-refractivity contribution is 6.08. The van der Waals surface area contributed by atoms with Crippen LogP contribution in [-0.4, -0.2) is 33.8 Å². The maximum atomic E-state index is 11.4. The molecule has 0 amide bonds. The second-order valence-electron chi connectivity index (χ2n) is 7.33. The summed E-state index contributed by atoms with van der Waals surface area (Å²) in [5.74, 6) is 0.378. The fourth-order valence-corrected chi connectivity index (χ4v) is 3.67. The van der Waals surface area contributed by atoms with E-state index in [4.69, 9.17) is 9.47 Å². The van der Waals surface area contributed by atoms with Crippen LogP contribution in [0.15, 0.2) is 66.7 Å². The van der Waals surface area contributed by atoms with E-state index in [2.05, 4.69) is 0 Å². The lowest BCUT2D eigenvalue weighted by Crippen LogP contribution is -2.08. The number of non-ortho nitro benzene ring substituents is 1. The van der Waals surface area contributed by atoms with Gasteiger partial charge in [0.05, 0.1) is 23.7 Å². The molecule has 0 aliphatic rings. The first-order chi connectivity index (χ1) is 15.5. The van der Waals surface area contributed by atoms with Gasteiger partial charge in [-0.3, -0.25) is 14.9 Å². The van der Waals surface area contributed by atoms with E-state index in [1.807, 2.05) is 42.5 Å². The molecule has 1 aromatic heterocycles. The number of hydrogen-bond acceptors (Lipinski definition) is 5. The maximum Gasteiger partial charge on any atom is 0.323 e. The summed E-state index contributed by atoms with van der Waals surface area (Å²) in [6.07, 6.45) is 1.53. The minimum atomic E-state index is -0.896. The number of carbonyl (C=O) groups is 1. The van der Waals surface area contributed by atoms with Gasteiger partial charge in [0.1, 0.15) is 18.0 Å². The van der Waals surface area contributed by atoms with Gasteiger partial charge in [-0.05, 0) is 43.2 Å². The van der Waals surface area contributed by atoms with Gasteiger partial charge >= 0.3 is 5.97 Å². The van der Waals surface area contributed by atoms with E-state index in [0.717, 1.165) is 34.6 Å². The van der Waals surface area contributed by atoms with Crippen LogP contribution in [0, 0.1) is 10.1 Å². The molecule has 1 heterocycles. The van der Waals surface area contributed by atoms with Crippen LogP contribution in [-0.2, 0) is 11.3 Å². The number of nitrogens with zero attached hydrogens (tertiary/aromatic N) is 2. The minimum absolute atomic E-state index is 0.0325. The van der Waals surface area contributed by atoms with Crippen LogP contribution in [0.25, 0.3) is 21.8 Å². The van der Waals surface area contributed by atoms with Crippen LogP contribution < -0.4 is 9.47 Å². The SMILES string of the molecule is O=C(O)Cn1c2ccccc2c2ccc(OCCCCOc3ccc([N+](=O)[O-])cc3)cc21. The second-order valence-corrected chi connectivity index (χ2v) is 7.33. The Balaban J connectivity index is 1.34. The van der Waals surface area contributed by atoms with Crippen molar-refractivity contribution in [3.63, 3.8) is 0 Å². The first kappa shape index (κ1) is 21.2. The molecule has 0 atom stereocenters. The molecule has 0 spiro atoms. The normalized spacial score (nSPS) is 11.0. The number of nitro benzene ring substituents is 1. The van der Waals surface area contributed by atoms with Crippen LogP contribution >= 0.6 is 0 Å². The minimum Gasteiger partial charge on any atom is -0.494 e. The zero-order valence-corrected chi connectivity index (χ0v) is 17.3. The van der Waals surface area contributed by atoms with Crippen molar-refractivity contribution in [2.24, 2.45) is 0 Å². The van der Waals surface area contributed by atoms with Gasteiger partial charge in [0.25, 0.3) is 5.69 Å². The third-order valence-corrected chi connectivity index (χ3v) is 5.16. The summed E-state index contributed by atoms with van der Waals surface area (Å²) in [6, 6.07) is 19.5. The first-order valence-electron chi connectivity index (χ1n) is 10.3. The summed E-state index contributed by atoms with van der Waals surface area (Å²) < 4.78 is 13.3. The Morgan fingerprint density at radius 1 is 0.875 bits per heavy atom. The number of aromatic nitrogens is 1. The molecule has 0 radical (unpaired) electrons. The van der Waals surface area contributed by atoms with E-state index < -0.39 is 10.9 Å². The van der Waals surface area contributed by atoms with Gasteiger partial charge in [-0.25, -0.2) is 0 Å². The molecule has 0 fully saturated rings. The fraction of sp³-hybridized carbons (Fsp3) is 0.208. The van der Waals surface area contributed by atoms with Crippen LogP contribution in [0.3, 0.4) is 0 Å². The summed E-state index contributed by atoms with van der Waals surface area (Å²) in [5, 5.41) is 22.0. The molecular weight excluding hydrogens is 412 g/mol. The summed E-state index contributed by atoms with van der Waals surface area (Å²) in [6.45, 7) is 0.856. The van der Waals surface area contributed by atoms with E-state index in [-0.39, 0.29) is 12.2 Å². The molecule has 8 nitrogen and oxygen atoms in total. The molecule has 0 unspecified atom stereocenters. The Hall–Kier alpha value is -4.07. The predicted octanol–water partition coefficient (Wildman–Crippen LogP) is 5.03. The third kappa shape index (κ3) is 4.64. The average molecular weight is 434 g/mol. The third-order valence-electron chi connectivity index (χ3n) is 5.16. The molecule has 0 aliphatic heterocycles. The van der Waals surface area contributed by atoms with Crippen LogP contribution in [0.5, 0.6) is 11.5 Å². The Morgan fingerprint density at radius 3 is 2.19 bits per heavy atom. The van der Waals surface area contributed by atoms with E-state index >= 15 is 0 Å². The van der Waals surface area contributed by atoms with Gasteiger partial charge in [-0.2, -0.15) is 0 Å². The summed E-state index contributed by atoms with van der Waals surface area (Å²) in [7, 11) is 0. The maximum absolute atomic E-state index is 11.4. The van der Waals surface area contributed by atoms with Crippen molar-refractivity contribution in [3.05, 3.63) is 76.8 Å². The molecule has 0 saturated heterocycles. The van der Waals surface area contributed by atoms with Gasteiger partial charge in [0.15, 0.2) is 0 Å². The van der Waals surface area contributed by atoms with Gasteiger partial charge in [0.2, 0.25) is 0 Å². The van der Waals surface area contributed by atoms with Crippen LogP contribution in [0.1, 0.15) is 12.8 Å². The summed E-state index contributed by atoms with van der Waals surface area (Å²) in [4.78, 5) is 21.6. The lowest BCUT2D eigenvalue weighted by Gasteiger charge is -2.09. The molecular formula is C24H22N2O6.